The quantitative estimate of drug-likeness (QED) is 0.907. The number of aliphatic carboxylic acids is 1. The van der Waals surface area contributed by atoms with Crippen molar-refractivity contribution in [1.29, 1.82) is 0 Å². The van der Waals surface area contributed by atoms with Gasteiger partial charge >= 0.3 is 5.97 Å². The Balaban J connectivity index is 2.09. The second-order valence-corrected chi connectivity index (χ2v) is 5.16. The van der Waals surface area contributed by atoms with Crippen molar-refractivity contribution in [3.05, 3.63) is 29.8 Å². The molecule has 1 saturated heterocycles. The monoisotopic (exact) mass is 277 g/mol. The Labute approximate surface area is 118 Å². The van der Waals surface area contributed by atoms with Crippen LogP contribution in [0, 0.1) is 5.92 Å². The number of likely N-dealkylation sites (tertiary alicyclic amines) is 1. The molecule has 2 rings (SSSR count). The molecule has 1 amide bonds. The number of carboxylic acid groups (broad SMARTS) is 1. The van der Waals surface area contributed by atoms with Crippen LogP contribution in [-0.4, -0.2) is 41.6 Å². The van der Waals surface area contributed by atoms with Gasteiger partial charge in [0.25, 0.3) is 0 Å². The summed E-state index contributed by atoms with van der Waals surface area (Å²) in [4.78, 5) is 25.0. The molecule has 0 aliphatic carbocycles. The molecule has 1 aromatic carbocycles. The largest absolute Gasteiger partial charge is 0.497 e. The lowest BCUT2D eigenvalue weighted by Crippen LogP contribution is -2.43. The maximum atomic E-state index is 12.3. The van der Waals surface area contributed by atoms with E-state index in [1.165, 1.54) is 4.90 Å². The first-order valence-electron chi connectivity index (χ1n) is 6.68. The van der Waals surface area contributed by atoms with Crippen molar-refractivity contribution in [2.75, 3.05) is 13.7 Å². The third-order valence-corrected chi connectivity index (χ3v) is 3.76. The van der Waals surface area contributed by atoms with E-state index in [2.05, 4.69) is 0 Å². The summed E-state index contributed by atoms with van der Waals surface area (Å²) in [5.41, 5.74) is 0.832. The number of ether oxygens (including phenoxy) is 1. The Kier molecular flexibility index (Phi) is 4.27. The van der Waals surface area contributed by atoms with Crippen molar-refractivity contribution >= 4 is 11.9 Å². The fourth-order valence-corrected chi connectivity index (χ4v) is 2.66. The second kappa shape index (κ2) is 5.94. The lowest BCUT2D eigenvalue weighted by Gasteiger charge is -2.23. The first-order chi connectivity index (χ1) is 9.52. The summed E-state index contributed by atoms with van der Waals surface area (Å²) in [6.45, 7) is 2.39. The Morgan fingerprint density at radius 3 is 2.85 bits per heavy atom. The summed E-state index contributed by atoms with van der Waals surface area (Å²) in [6.07, 6.45) is 0.939. The summed E-state index contributed by atoms with van der Waals surface area (Å²) in [5, 5.41) is 9.24. The summed E-state index contributed by atoms with van der Waals surface area (Å²) in [6, 6.07) is 6.57. The SMILES string of the molecule is COc1cccc(CC(=O)N2CCC(C)C2C(=O)O)c1. The zero-order valence-corrected chi connectivity index (χ0v) is 11.7. The number of carbonyl (C=O) groups is 2. The highest BCUT2D eigenvalue weighted by Crippen LogP contribution is 2.25. The third kappa shape index (κ3) is 2.92. The molecule has 0 spiro atoms. The Morgan fingerprint density at radius 2 is 2.20 bits per heavy atom. The van der Waals surface area contributed by atoms with Crippen LogP contribution in [0.3, 0.4) is 0 Å². The molecule has 0 saturated carbocycles. The van der Waals surface area contributed by atoms with Crippen LogP contribution < -0.4 is 4.74 Å². The lowest BCUT2D eigenvalue weighted by atomic mass is 10.0. The molecule has 5 heteroatoms. The molecule has 5 nitrogen and oxygen atoms in total. The Bertz CT molecular complexity index is 514. The number of amides is 1. The Morgan fingerprint density at radius 1 is 1.45 bits per heavy atom. The number of carboxylic acids is 1. The van der Waals surface area contributed by atoms with Crippen LogP contribution in [0.15, 0.2) is 24.3 Å². The zero-order chi connectivity index (χ0) is 14.7. The zero-order valence-electron chi connectivity index (χ0n) is 11.7. The molecule has 1 heterocycles. The molecular weight excluding hydrogens is 258 g/mol. The highest BCUT2D eigenvalue weighted by molar-refractivity contribution is 5.85. The van der Waals surface area contributed by atoms with E-state index in [0.29, 0.717) is 12.3 Å². The molecule has 2 atom stereocenters. The van der Waals surface area contributed by atoms with Crippen LogP contribution in [0.5, 0.6) is 5.75 Å². The van der Waals surface area contributed by atoms with Gasteiger partial charge < -0.3 is 14.7 Å². The van der Waals surface area contributed by atoms with E-state index >= 15 is 0 Å². The molecule has 1 fully saturated rings. The molecule has 1 aliphatic rings. The minimum Gasteiger partial charge on any atom is -0.497 e. The maximum Gasteiger partial charge on any atom is 0.326 e. The Hall–Kier alpha value is -2.04. The van der Waals surface area contributed by atoms with Crippen LogP contribution >= 0.6 is 0 Å². The van der Waals surface area contributed by atoms with Crippen LogP contribution in [0.25, 0.3) is 0 Å². The average Bonchev–Trinajstić information content (AvgIpc) is 2.81. The number of methoxy groups -OCH3 is 1. The topological polar surface area (TPSA) is 66.8 Å². The van der Waals surface area contributed by atoms with Gasteiger partial charge in [-0.15, -0.1) is 0 Å². The smallest absolute Gasteiger partial charge is 0.326 e. The third-order valence-electron chi connectivity index (χ3n) is 3.76. The van der Waals surface area contributed by atoms with E-state index in [1.54, 1.807) is 13.2 Å². The average molecular weight is 277 g/mol. The lowest BCUT2D eigenvalue weighted by molar-refractivity contribution is -0.149. The van der Waals surface area contributed by atoms with Crippen molar-refractivity contribution in [2.24, 2.45) is 5.92 Å². The number of hydrogen-bond acceptors (Lipinski definition) is 3. The van der Waals surface area contributed by atoms with Gasteiger partial charge in [-0.2, -0.15) is 0 Å². The van der Waals surface area contributed by atoms with E-state index in [1.807, 2.05) is 25.1 Å². The molecule has 0 bridgehead atoms. The summed E-state index contributed by atoms with van der Waals surface area (Å²) in [7, 11) is 1.57. The highest BCUT2D eigenvalue weighted by Gasteiger charge is 2.39. The molecule has 1 N–H and O–H groups in total. The van der Waals surface area contributed by atoms with Gasteiger partial charge in [0.05, 0.1) is 13.5 Å². The van der Waals surface area contributed by atoms with Crippen LogP contribution in [0.1, 0.15) is 18.9 Å². The normalized spacial score (nSPS) is 21.8. The van der Waals surface area contributed by atoms with Gasteiger partial charge in [0.15, 0.2) is 0 Å². The van der Waals surface area contributed by atoms with Crippen LogP contribution in [-0.2, 0) is 16.0 Å². The van der Waals surface area contributed by atoms with Crippen molar-refractivity contribution < 1.29 is 19.4 Å². The van der Waals surface area contributed by atoms with E-state index in [0.717, 1.165) is 12.0 Å². The predicted molar refractivity (Wildman–Crippen MR) is 73.6 cm³/mol. The van der Waals surface area contributed by atoms with E-state index in [4.69, 9.17) is 4.74 Å². The summed E-state index contributed by atoms with van der Waals surface area (Å²) in [5.74, 6) is -0.370. The number of rotatable bonds is 4. The van der Waals surface area contributed by atoms with E-state index in [9.17, 15) is 14.7 Å². The molecule has 0 aromatic heterocycles. The summed E-state index contributed by atoms with van der Waals surface area (Å²) >= 11 is 0. The molecule has 1 aliphatic heterocycles. The molecule has 108 valence electrons. The number of carbonyl (C=O) groups excluding carboxylic acids is 1. The molecular formula is C15H19NO4. The summed E-state index contributed by atoms with van der Waals surface area (Å²) < 4.78 is 5.12. The number of benzene rings is 1. The van der Waals surface area contributed by atoms with Crippen molar-refractivity contribution in [3.63, 3.8) is 0 Å². The molecule has 1 aromatic rings. The van der Waals surface area contributed by atoms with E-state index in [-0.39, 0.29) is 18.2 Å². The van der Waals surface area contributed by atoms with Crippen LogP contribution in [0.2, 0.25) is 0 Å². The van der Waals surface area contributed by atoms with Crippen molar-refractivity contribution in [3.8, 4) is 5.75 Å². The molecule has 20 heavy (non-hydrogen) atoms. The highest BCUT2D eigenvalue weighted by atomic mass is 16.5. The van der Waals surface area contributed by atoms with Crippen molar-refractivity contribution in [2.45, 2.75) is 25.8 Å². The van der Waals surface area contributed by atoms with Gasteiger partial charge in [-0.25, -0.2) is 4.79 Å². The van der Waals surface area contributed by atoms with Crippen LogP contribution in [0.4, 0.5) is 0 Å². The first-order valence-corrected chi connectivity index (χ1v) is 6.68. The first kappa shape index (κ1) is 14.4. The minimum atomic E-state index is -0.922. The molecule has 2 unspecified atom stereocenters. The van der Waals surface area contributed by atoms with Gasteiger partial charge in [-0.05, 0) is 30.0 Å². The van der Waals surface area contributed by atoms with Gasteiger partial charge in [0.2, 0.25) is 5.91 Å². The predicted octanol–water partition coefficient (Wildman–Crippen LogP) is 1.56. The molecule has 0 radical (unpaired) electrons. The minimum absolute atomic E-state index is 0.00163. The van der Waals surface area contributed by atoms with Gasteiger partial charge in [0, 0.05) is 6.54 Å². The number of nitrogens with zero attached hydrogens (tertiary/aromatic N) is 1. The van der Waals surface area contributed by atoms with Crippen molar-refractivity contribution in [1.82, 2.24) is 4.90 Å². The van der Waals surface area contributed by atoms with Gasteiger partial charge in [-0.3, -0.25) is 4.79 Å². The van der Waals surface area contributed by atoms with Gasteiger partial charge in [0.1, 0.15) is 11.8 Å². The van der Waals surface area contributed by atoms with E-state index < -0.39 is 12.0 Å². The second-order valence-electron chi connectivity index (χ2n) is 5.16. The fraction of sp³-hybridized carbons (Fsp3) is 0.467. The number of hydrogen-bond donors (Lipinski definition) is 1. The van der Waals surface area contributed by atoms with Gasteiger partial charge in [-0.1, -0.05) is 19.1 Å². The fourth-order valence-electron chi connectivity index (χ4n) is 2.66. The maximum absolute atomic E-state index is 12.3. The standard InChI is InChI=1S/C15H19NO4/c1-10-6-7-16(14(10)15(18)19)13(17)9-11-4-3-5-12(8-11)20-2/h3-5,8,10,14H,6-7,9H2,1-2H3,(H,18,19).